The number of allylic oxidation sites excluding steroid dienone is 7. The lowest BCUT2D eigenvalue weighted by molar-refractivity contribution is -0.870. The molecule has 73 heavy (non-hydrogen) atoms. The fourth-order valence-electron chi connectivity index (χ4n) is 8.90. The smallest absolute Gasteiger partial charge is 0.306 e. The lowest BCUT2D eigenvalue weighted by Gasteiger charge is -2.30. The van der Waals surface area contributed by atoms with Crippen LogP contribution in [-0.2, 0) is 27.9 Å². The van der Waals surface area contributed by atoms with Crippen molar-refractivity contribution in [2.24, 2.45) is 0 Å². The first-order valence-electron chi connectivity index (χ1n) is 30.9. The van der Waals surface area contributed by atoms with Crippen LogP contribution in [0.25, 0.3) is 0 Å². The maximum absolute atomic E-state index is 13.5. The number of nitrogens with zero attached hydrogens (tertiary/aromatic N) is 1. The summed E-state index contributed by atoms with van der Waals surface area (Å²) >= 11 is 0. The highest BCUT2D eigenvalue weighted by Crippen LogP contribution is 2.38. The van der Waals surface area contributed by atoms with E-state index in [0.717, 1.165) is 70.6 Å². The average Bonchev–Trinajstić information content (AvgIpc) is 3.35. The maximum Gasteiger partial charge on any atom is 0.306 e. The van der Waals surface area contributed by atoms with Crippen LogP contribution in [0.3, 0.4) is 0 Å². The van der Waals surface area contributed by atoms with Crippen LogP contribution in [0.15, 0.2) is 48.6 Å². The number of amides is 1. The molecule has 0 aliphatic heterocycles. The second-order valence-electron chi connectivity index (χ2n) is 22.2. The molecule has 0 rings (SSSR count). The van der Waals surface area contributed by atoms with Crippen molar-refractivity contribution in [2.75, 3.05) is 40.9 Å². The van der Waals surface area contributed by atoms with Gasteiger partial charge in [-0.2, -0.15) is 0 Å². The zero-order valence-corrected chi connectivity index (χ0v) is 49.7. The number of quaternary nitrogens is 1. The van der Waals surface area contributed by atoms with E-state index >= 15 is 0 Å². The second kappa shape index (κ2) is 53.4. The largest absolute Gasteiger partial charge is 0.756 e. The molecule has 0 saturated heterocycles. The van der Waals surface area contributed by atoms with Gasteiger partial charge in [-0.05, 0) is 89.5 Å². The van der Waals surface area contributed by atoms with Crippen molar-refractivity contribution in [1.82, 2.24) is 5.32 Å². The Bertz CT molecular complexity index is 1390. The van der Waals surface area contributed by atoms with Crippen molar-refractivity contribution in [3.05, 3.63) is 48.6 Å². The number of phosphoric ester groups is 1. The molecule has 0 spiro atoms. The number of carbonyl (C=O) groups excluding carboxylic acids is 2. The molecule has 0 aliphatic rings. The SMILES string of the molecule is CCCCC/C=C\C/C=C\CCCCCCCCCCCCCC(=O)NC(COP(=O)([O-])OCC[N+](C)(C)C)C(/C=C\CCCCCCCCCCCC)OC(=O)CCCCC/C=C\CCCCCCCCC. The van der Waals surface area contributed by atoms with Gasteiger partial charge in [0.15, 0.2) is 0 Å². The van der Waals surface area contributed by atoms with Crippen LogP contribution in [0, 0.1) is 0 Å². The standard InChI is InChI=1S/C63H119N2O7P/c1-7-10-13-16-19-22-25-28-30-31-32-33-34-35-36-37-40-43-46-49-52-55-62(66)64-60(59-71-73(68,69)70-58-57-65(4,5)6)61(54-51-48-45-42-39-27-24-21-18-15-12-9-3)72-63(67)56-53-50-47-44-41-38-29-26-23-20-17-14-11-8-2/h19,22,28,30,38,41,51,54,60-61H,7-18,20-21,23-27,29,31-37,39-40,42-50,52-53,55-59H2,1-6H3,(H-,64,66,68,69)/b22-19-,30-28-,41-38-,54-51-. The van der Waals surface area contributed by atoms with Gasteiger partial charge < -0.3 is 28.5 Å². The fraction of sp³-hybridized carbons (Fsp3) is 0.841. The molecule has 0 bridgehead atoms. The maximum atomic E-state index is 13.5. The summed E-state index contributed by atoms with van der Waals surface area (Å²) in [6.45, 7) is 6.82. The monoisotopic (exact) mass is 1050 g/mol. The fourth-order valence-corrected chi connectivity index (χ4v) is 9.62. The Morgan fingerprint density at radius 3 is 1.29 bits per heavy atom. The first kappa shape index (κ1) is 71.0. The summed E-state index contributed by atoms with van der Waals surface area (Å²) in [5.74, 6) is -0.554. The van der Waals surface area contributed by atoms with E-state index < -0.39 is 26.6 Å². The zero-order valence-electron chi connectivity index (χ0n) is 48.8. The average molecular weight is 1050 g/mol. The summed E-state index contributed by atoms with van der Waals surface area (Å²) in [6, 6.07) is -0.894. The van der Waals surface area contributed by atoms with Gasteiger partial charge in [0.05, 0.1) is 33.8 Å². The molecular weight excluding hydrogens is 928 g/mol. The van der Waals surface area contributed by atoms with Crippen molar-refractivity contribution >= 4 is 19.7 Å². The van der Waals surface area contributed by atoms with Crippen LogP contribution in [0.2, 0.25) is 0 Å². The number of ether oxygens (including phenoxy) is 1. The molecule has 0 radical (unpaired) electrons. The Hall–Kier alpha value is -2.03. The van der Waals surface area contributed by atoms with Gasteiger partial charge in [-0.1, -0.05) is 237 Å². The third-order valence-corrected chi connectivity index (χ3v) is 14.7. The van der Waals surface area contributed by atoms with E-state index in [1.807, 2.05) is 33.3 Å². The molecule has 1 N–H and O–H groups in total. The Morgan fingerprint density at radius 1 is 0.479 bits per heavy atom. The quantitative estimate of drug-likeness (QED) is 0.0212. The molecule has 428 valence electrons. The van der Waals surface area contributed by atoms with Crippen LogP contribution < -0.4 is 10.2 Å². The molecule has 0 fully saturated rings. The normalized spacial score (nSPS) is 14.0. The molecule has 10 heteroatoms. The Labute approximate surface area is 452 Å². The van der Waals surface area contributed by atoms with Gasteiger partial charge in [-0.25, -0.2) is 0 Å². The minimum Gasteiger partial charge on any atom is -0.756 e. The lowest BCUT2D eigenvalue weighted by Crippen LogP contribution is -2.47. The highest BCUT2D eigenvalue weighted by atomic mass is 31.2. The Balaban J connectivity index is 5.23. The van der Waals surface area contributed by atoms with Gasteiger partial charge in [-0.3, -0.25) is 14.2 Å². The summed E-state index contributed by atoms with van der Waals surface area (Å²) in [4.78, 5) is 39.9. The molecule has 3 unspecified atom stereocenters. The zero-order chi connectivity index (χ0) is 53.6. The number of likely N-dealkylation sites (N-methyl/N-ethyl adjacent to an activating group) is 1. The molecule has 0 aliphatic carbocycles. The van der Waals surface area contributed by atoms with Crippen molar-refractivity contribution in [2.45, 2.75) is 303 Å². The molecule has 0 aromatic heterocycles. The molecule has 9 nitrogen and oxygen atoms in total. The molecule has 0 aromatic rings. The van der Waals surface area contributed by atoms with Gasteiger partial charge in [-0.15, -0.1) is 0 Å². The number of nitrogens with one attached hydrogen (secondary N) is 1. The summed E-state index contributed by atoms with van der Waals surface area (Å²) in [7, 11) is 1.18. The van der Waals surface area contributed by atoms with Crippen molar-refractivity contribution < 1.29 is 37.3 Å². The lowest BCUT2D eigenvalue weighted by atomic mass is 10.0. The van der Waals surface area contributed by atoms with E-state index in [9.17, 15) is 19.0 Å². The van der Waals surface area contributed by atoms with E-state index in [1.54, 1.807) is 0 Å². The Morgan fingerprint density at radius 2 is 0.836 bits per heavy atom. The van der Waals surface area contributed by atoms with Crippen LogP contribution in [0.5, 0.6) is 0 Å². The number of phosphoric acid groups is 1. The summed E-state index contributed by atoms with van der Waals surface area (Å²) < 4.78 is 30.3. The number of hydrogen-bond donors (Lipinski definition) is 1. The first-order valence-corrected chi connectivity index (χ1v) is 32.4. The predicted molar refractivity (Wildman–Crippen MR) is 312 cm³/mol. The third kappa shape index (κ3) is 54.6. The van der Waals surface area contributed by atoms with Crippen LogP contribution in [-0.4, -0.2) is 69.4 Å². The van der Waals surface area contributed by atoms with Crippen molar-refractivity contribution in [1.29, 1.82) is 0 Å². The van der Waals surface area contributed by atoms with Crippen LogP contribution in [0.1, 0.15) is 290 Å². The topological polar surface area (TPSA) is 114 Å². The highest BCUT2D eigenvalue weighted by molar-refractivity contribution is 7.45. The van der Waals surface area contributed by atoms with E-state index in [4.69, 9.17) is 13.8 Å². The van der Waals surface area contributed by atoms with E-state index in [2.05, 4.69) is 62.5 Å². The summed E-state index contributed by atoms with van der Waals surface area (Å²) in [5, 5.41) is 3.03. The minimum absolute atomic E-state index is 0.0244. The Kier molecular flexibility index (Phi) is 51.9. The number of rotatable bonds is 56. The summed E-state index contributed by atoms with van der Waals surface area (Å²) in [5.41, 5.74) is 0. The first-order chi connectivity index (χ1) is 35.4. The van der Waals surface area contributed by atoms with Gasteiger partial charge in [0.1, 0.15) is 19.3 Å². The molecule has 0 aromatic carbocycles. The highest BCUT2D eigenvalue weighted by Gasteiger charge is 2.27. The molecular formula is C63H119N2O7P. The van der Waals surface area contributed by atoms with E-state index in [-0.39, 0.29) is 24.9 Å². The van der Waals surface area contributed by atoms with Crippen molar-refractivity contribution in [3.63, 3.8) is 0 Å². The minimum atomic E-state index is -4.70. The van der Waals surface area contributed by atoms with Gasteiger partial charge in [0.25, 0.3) is 7.82 Å². The summed E-state index contributed by atoms with van der Waals surface area (Å²) in [6.07, 6.45) is 65.0. The predicted octanol–water partition coefficient (Wildman–Crippen LogP) is 18.3. The molecule has 1 amide bonds. The third-order valence-electron chi connectivity index (χ3n) is 13.7. The van der Waals surface area contributed by atoms with Gasteiger partial charge >= 0.3 is 5.97 Å². The van der Waals surface area contributed by atoms with Crippen LogP contribution in [0.4, 0.5) is 0 Å². The molecule has 0 heterocycles. The number of esters is 1. The van der Waals surface area contributed by atoms with E-state index in [0.29, 0.717) is 23.9 Å². The molecule has 3 atom stereocenters. The van der Waals surface area contributed by atoms with Crippen LogP contribution >= 0.6 is 7.82 Å². The number of carbonyl (C=O) groups is 2. The number of hydrogen-bond acceptors (Lipinski definition) is 7. The van der Waals surface area contributed by atoms with Gasteiger partial charge in [0, 0.05) is 12.8 Å². The number of unbranched alkanes of at least 4 members (excludes halogenated alkanes) is 34. The van der Waals surface area contributed by atoms with Gasteiger partial charge in [0.2, 0.25) is 5.91 Å². The molecule has 0 saturated carbocycles. The van der Waals surface area contributed by atoms with Crippen molar-refractivity contribution in [3.8, 4) is 0 Å². The second-order valence-corrected chi connectivity index (χ2v) is 23.6. The van der Waals surface area contributed by atoms with E-state index in [1.165, 1.54) is 180 Å².